The smallest absolute Gasteiger partial charge is 0.322 e. The van der Waals surface area contributed by atoms with E-state index in [1.165, 1.54) is 0 Å². The van der Waals surface area contributed by atoms with Crippen LogP contribution in [0.1, 0.15) is 24.8 Å². The van der Waals surface area contributed by atoms with Crippen molar-refractivity contribution >= 4 is 33.6 Å². The predicted molar refractivity (Wildman–Crippen MR) is 79.9 cm³/mol. The summed E-state index contributed by atoms with van der Waals surface area (Å²) in [6, 6.07) is 5.58. The molecule has 0 radical (unpaired) electrons. The number of urea groups is 1. The standard InChI is InChI=1S/C14H17BrN2O3/c1-9-8-10(15)2-5-12(9)16-14(20)17(11-3-4-11)7-6-13(18)19/h2,5,8,11H,3-4,6-7H2,1H3,(H,16,20)(H,18,19). The van der Waals surface area contributed by atoms with Gasteiger partial charge in [-0.2, -0.15) is 0 Å². The number of nitrogens with one attached hydrogen (secondary N) is 1. The Labute approximate surface area is 126 Å². The minimum Gasteiger partial charge on any atom is -0.481 e. The quantitative estimate of drug-likeness (QED) is 0.864. The van der Waals surface area contributed by atoms with Crippen molar-refractivity contribution in [2.75, 3.05) is 11.9 Å². The van der Waals surface area contributed by atoms with E-state index in [4.69, 9.17) is 5.11 Å². The van der Waals surface area contributed by atoms with Crippen LogP contribution in [-0.2, 0) is 4.79 Å². The van der Waals surface area contributed by atoms with Gasteiger partial charge in [-0.3, -0.25) is 4.79 Å². The number of rotatable bonds is 5. The molecule has 1 fully saturated rings. The molecule has 0 saturated heterocycles. The zero-order valence-electron chi connectivity index (χ0n) is 11.2. The van der Waals surface area contributed by atoms with Gasteiger partial charge in [0.2, 0.25) is 0 Å². The molecule has 0 aliphatic heterocycles. The Bertz CT molecular complexity index is 529. The average molecular weight is 341 g/mol. The first-order valence-electron chi connectivity index (χ1n) is 6.53. The van der Waals surface area contributed by atoms with Gasteiger partial charge in [-0.25, -0.2) is 4.79 Å². The van der Waals surface area contributed by atoms with Gasteiger partial charge in [0.15, 0.2) is 0 Å². The Morgan fingerprint density at radius 2 is 2.15 bits per heavy atom. The van der Waals surface area contributed by atoms with Crippen LogP contribution in [0.3, 0.4) is 0 Å². The Kier molecular flexibility index (Phi) is 4.65. The molecular weight excluding hydrogens is 324 g/mol. The number of hydrogen-bond donors (Lipinski definition) is 2. The van der Waals surface area contributed by atoms with Crippen molar-refractivity contribution in [1.82, 2.24) is 4.90 Å². The second-order valence-corrected chi connectivity index (χ2v) is 5.87. The Morgan fingerprint density at radius 3 is 2.70 bits per heavy atom. The molecule has 20 heavy (non-hydrogen) atoms. The zero-order valence-corrected chi connectivity index (χ0v) is 12.8. The summed E-state index contributed by atoms with van der Waals surface area (Å²) in [6.07, 6.45) is 1.88. The van der Waals surface area contributed by atoms with E-state index in [-0.39, 0.29) is 25.0 Å². The van der Waals surface area contributed by atoms with Gasteiger partial charge in [0.05, 0.1) is 6.42 Å². The number of halogens is 1. The molecule has 0 atom stereocenters. The van der Waals surface area contributed by atoms with Gasteiger partial charge in [0, 0.05) is 22.7 Å². The van der Waals surface area contributed by atoms with Gasteiger partial charge in [0.25, 0.3) is 0 Å². The van der Waals surface area contributed by atoms with Crippen molar-refractivity contribution in [3.05, 3.63) is 28.2 Å². The maximum Gasteiger partial charge on any atom is 0.322 e. The average Bonchev–Trinajstić information content (AvgIpc) is 3.17. The summed E-state index contributed by atoms with van der Waals surface area (Å²) in [7, 11) is 0. The topological polar surface area (TPSA) is 69.6 Å². The van der Waals surface area contributed by atoms with Crippen molar-refractivity contribution in [2.24, 2.45) is 0 Å². The Hall–Kier alpha value is -1.56. The maximum atomic E-state index is 12.3. The SMILES string of the molecule is Cc1cc(Br)ccc1NC(=O)N(CCC(=O)O)C1CC1. The highest BCUT2D eigenvalue weighted by molar-refractivity contribution is 9.10. The molecule has 2 rings (SSSR count). The number of carbonyl (C=O) groups excluding carboxylic acids is 1. The number of carbonyl (C=O) groups is 2. The second-order valence-electron chi connectivity index (χ2n) is 4.96. The number of carboxylic acid groups (broad SMARTS) is 1. The minimum atomic E-state index is -0.886. The molecule has 1 aromatic carbocycles. The molecule has 0 spiro atoms. The number of carboxylic acids is 1. The molecule has 2 N–H and O–H groups in total. The molecule has 2 amide bonds. The first-order valence-corrected chi connectivity index (χ1v) is 7.32. The highest BCUT2D eigenvalue weighted by Gasteiger charge is 2.32. The van der Waals surface area contributed by atoms with E-state index in [0.29, 0.717) is 0 Å². The normalized spacial score (nSPS) is 13.9. The van der Waals surface area contributed by atoms with Gasteiger partial charge in [-0.05, 0) is 43.5 Å². The monoisotopic (exact) mass is 340 g/mol. The van der Waals surface area contributed by atoms with E-state index in [1.54, 1.807) is 4.90 Å². The number of aryl methyl sites for hydroxylation is 1. The third kappa shape index (κ3) is 3.96. The van der Waals surface area contributed by atoms with Crippen LogP contribution in [0.2, 0.25) is 0 Å². The molecule has 0 aromatic heterocycles. The van der Waals surface area contributed by atoms with Crippen molar-refractivity contribution in [3.63, 3.8) is 0 Å². The largest absolute Gasteiger partial charge is 0.481 e. The molecule has 1 aromatic rings. The fourth-order valence-corrected chi connectivity index (χ4v) is 2.48. The lowest BCUT2D eigenvalue weighted by molar-refractivity contribution is -0.137. The van der Waals surface area contributed by atoms with E-state index in [9.17, 15) is 9.59 Å². The summed E-state index contributed by atoms with van der Waals surface area (Å²) < 4.78 is 0.956. The van der Waals surface area contributed by atoms with Crippen LogP contribution in [-0.4, -0.2) is 34.6 Å². The van der Waals surface area contributed by atoms with Gasteiger partial charge in [-0.15, -0.1) is 0 Å². The first kappa shape index (κ1) is 14.8. The van der Waals surface area contributed by atoms with Gasteiger partial charge >= 0.3 is 12.0 Å². The molecule has 1 saturated carbocycles. The van der Waals surface area contributed by atoms with Crippen LogP contribution in [0.25, 0.3) is 0 Å². The van der Waals surface area contributed by atoms with Crippen LogP contribution in [0, 0.1) is 6.92 Å². The van der Waals surface area contributed by atoms with Crippen molar-refractivity contribution in [2.45, 2.75) is 32.2 Å². The lowest BCUT2D eigenvalue weighted by Gasteiger charge is -2.22. The zero-order chi connectivity index (χ0) is 14.7. The summed E-state index contributed by atoms with van der Waals surface area (Å²) in [5, 5.41) is 11.6. The van der Waals surface area contributed by atoms with E-state index in [1.807, 2.05) is 25.1 Å². The fraction of sp³-hybridized carbons (Fsp3) is 0.429. The minimum absolute atomic E-state index is 0.0246. The first-order chi connectivity index (χ1) is 9.47. The third-order valence-corrected chi connectivity index (χ3v) is 3.74. The Balaban J connectivity index is 2.02. The van der Waals surface area contributed by atoms with Crippen molar-refractivity contribution < 1.29 is 14.7 Å². The summed E-state index contributed by atoms with van der Waals surface area (Å²) in [5.41, 5.74) is 1.71. The summed E-state index contributed by atoms with van der Waals surface area (Å²) in [6.45, 7) is 2.17. The second kappa shape index (κ2) is 6.26. The summed E-state index contributed by atoms with van der Waals surface area (Å²) in [4.78, 5) is 24.5. The van der Waals surface area contributed by atoms with Gasteiger partial charge < -0.3 is 15.3 Å². The van der Waals surface area contributed by atoms with E-state index < -0.39 is 5.97 Å². The number of hydrogen-bond acceptors (Lipinski definition) is 2. The molecule has 0 bridgehead atoms. The number of aliphatic carboxylic acids is 1. The van der Waals surface area contributed by atoms with Crippen molar-refractivity contribution in [3.8, 4) is 0 Å². The molecular formula is C14H17BrN2O3. The van der Waals surface area contributed by atoms with Crippen LogP contribution >= 0.6 is 15.9 Å². The fourth-order valence-electron chi connectivity index (χ4n) is 2.01. The number of benzene rings is 1. The van der Waals surface area contributed by atoms with Crippen LogP contribution in [0.5, 0.6) is 0 Å². The maximum absolute atomic E-state index is 12.3. The number of amides is 2. The van der Waals surface area contributed by atoms with Crippen LogP contribution in [0.4, 0.5) is 10.5 Å². The highest BCUT2D eigenvalue weighted by atomic mass is 79.9. The molecule has 0 heterocycles. The molecule has 1 aliphatic rings. The molecule has 5 nitrogen and oxygen atoms in total. The molecule has 108 valence electrons. The third-order valence-electron chi connectivity index (χ3n) is 3.25. The van der Waals surface area contributed by atoms with Crippen molar-refractivity contribution in [1.29, 1.82) is 0 Å². The number of nitrogens with zero attached hydrogens (tertiary/aromatic N) is 1. The van der Waals surface area contributed by atoms with Crippen LogP contribution in [0.15, 0.2) is 22.7 Å². The molecule has 1 aliphatic carbocycles. The van der Waals surface area contributed by atoms with E-state index >= 15 is 0 Å². The lowest BCUT2D eigenvalue weighted by Crippen LogP contribution is -2.38. The summed E-state index contributed by atoms with van der Waals surface area (Å²) >= 11 is 3.38. The van der Waals surface area contributed by atoms with E-state index in [2.05, 4.69) is 21.2 Å². The number of anilines is 1. The van der Waals surface area contributed by atoms with Gasteiger partial charge in [0.1, 0.15) is 0 Å². The molecule has 6 heteroatoms. The van der Waals surface area contributed by atoms with Gasteiger partial charge in [-0.1, -0.05) is 15.9 Å². The van der Waals surface area contributed by atoms with Crippen LogP contribution < -0.4 is 5.32 Å². The summed E-state index contributed by atoms with van der Waals surface area (Å²) in [5.74, 6) is -0.886. The predicted octanol–water partition coefficient (Wildman–Crippen LogP) is 3.23. The van der Waals surface area contributed by atoms with E-state index in [0.717, 1.165) is 28.6 Å². The molecule has 0 unspecified atom stereocenters. The highest BCUT2D eigenvalue weighted by Crippen LogP contribution is 2.28. The Morgan fingerprint density at radius 1 is 1.45 bits per heavy atom. The lowest BCUT2D eigenvalue weighted by atomic mass is 10.2.